The zero-order valence-corrected chi connectivity index (χ0v) is 12.1. The third kappa shape index (κ3) is 4.81. The van der Waals surface area contributed by atoms with Crippen molar-refractivity contribution in [2.45, 2.75) is 68.7 Å². The molecule has 2 aliphatic carbocycles. The van der Waals surface area contributed by atoms with E-state index in [1.165, 1.54) is 52.1 Å². The van der Waals surface area contributed by atoms with E-state index >= 15 is 0 Å². The van der Waals surface area contributed by atoms with E-state index in [4.69, 9.17) is 4.74 Å². The summed E-state index contributed by atoms with van der Waals surface area (Å²) in [6.45, 7) is 0. The molecule has 0 aromatic heterocycles. The summed E-state index contributed by atoms with van der Waals surface area (Å²) in [6, 6.07) is 0.479. The molecule has 104 valence electrons. The van der Waals surface area contributed by atoms with Gasteiger partial charge in [-0.15, -0.1) is 0 Å². The molecule has 2 saturated carbocycles. The average Bonchev–Trinajstić information content (AvgIpc) is 3.22. The summed E-state index contributed by atoms with van der Waals surface area (Å²) in [5, 5.41) is 4.22. The minimum absolute atomic E-state index is 0.0846. The highest BCUT2D eigenvalue weighted by atomic mass is 32.2. The molecule has 2 fully saturated rings. The summed E-state index contributed by atoms with van der Waals surface area (Å²) in [5.74, 6) is 0.982. The van der Waals surface area contributed by atoms with Gasteiger partial charge < -0.3 is 10.1 Å². The van der Waals surface area contributed by atoms with Gasteiger partial charge in [-0.1, -0.05) is 19.3 Å². The van der Waals surface area contributed by atoms with Crippen molar-refractivity contribution >= 4 is 17.7 Å². The highest BCUT2D eigenvalue weighted by Gasteiger charge is 2.28. The van der Waals surface area contributed by atoms with Crippen LogP contribution >= 0.6 is 11.8 Å². The fraction of sp³-hybridized carbons (Fsp3) is 0.929. The molecule has 3 nitrogen and oxygen atoms in total. The standard InChI is InChI=1S/C14H25NO2S/c1-17-14(16)13(15-11-7-8-11)9-10-18-12-5-3-2-4-6-12/h11-13,15H,2-10H2,1H3. The van der Waals surface area contributed by atoms with Crippen molar-refractivity contribution < 1.29 is 9.53 Å². The Morgan fingerprint density at radius 3 is 2.61 bits per heavy atom. The van der Waals surface area contributed by atoms with Gasteiger partial charge in [-0.2, -0.15) is 11.8 Å². The van der Waals surface area contributed by atoms with Crippen LogP contribution in [0.2, 0.25) is 0 Å². The van der Waals surface area contributed by atoms with Crippen molar-refractivity contribution in [1.82, 2.24) is 5.32 Å². The topological polar surface area (TPSA) is 38.3 Å². The lowest BCUT2D eigenvalue weighted by Crippen LogP contribution is -2.39. The van der Waals surface area contributed by atoms with Crippen molar-refractivity contribution in [3.05, 3.63) is 0 Å². The smallest absolute Gasteiger partial charge is 0.322 e. The minimum Gasteiger partial charge on any atom is -0.468 e. The quantitative estimate of drug-likeness (QED) is 0.723. The van der Waals surface area contributed by atoms with Crippen molar-refractivity contribution in [3.63, 3.8) is 0 Å². The van der Waals surface area contributed by atoms with Gasteiger partial charge in [0, 0.05) is 11.3 Å². The first kappa shape index (κ1) is 14.2. The third-order valence-electron chi connectivity index (χ3n) is 3.81. The third-order valence-corrected chi connectivity index (χ3v) is 5.23. The van der Waals surface area contributed by atoms with Gasteiger partial charge in [-0.3, -0.25) is 4.79 Å². The van der Waals surface area contributed by atoms with Gasteiger partial charge in [0.1, 0.15) is 6.04 Å². The first-order valence-electron chi connectivity index (χ1n) is 7.25. The van der Waals surface area contributed by atoms with E-state index in [0.717, 1.165) is 17.4 Å². The van der Waals surface area contributed by atoms with E-state index in [1.54, 1.807) is 0 Å². The number of nitrogens with one attached hydrogen (secondary N) is 1. The molecular formula is C14H25NO2S. The predicted octanol–water partition coefficient (Wildman–Crippen LogP) is 2.74. The van der Waals surface area contributed by atoms with E-state index in [2.05, 4.69) is 17.1 Å². The Morgan fingerprint density at radius 1 is 1.28 bits per heavy atom. The van der Waals surface area contributed by atoms with Crippen LogP contribution in [0.4, 0.5) is 0 Å². The molecule has 18 heavy (non-hydrogen) atoms. The number of carbonyl (C=O) groups excluding carboxylic acids is 1. The number of methoxy groups -OCH3 is 1. The first-order chi connectivity index (χ1) is 8.79. The summed E-state index contributed by atoms with van der Waals surface area (Å²) in [7, 11) is 1.48. The van der Waals surface area contributed by atoms with Crippen LogP contribution in [0.1, 0.15) is 51.4 Å². The maximum atomic E-state index is 11.7. The number of rotatable bonds is 7. The largest absolute Gasteiger partial charge is 0.468 e. The lowest BCUT2D eigenvalue weighted by molar-refractivity contribution is -0.143. The molecule has 2 rings (SSSR count). The predicted molar refractivity (Wildman–Crippen MR) is 75.9 cm³/mol. The van der Waals surface area contributed by atoms with Crippen LogP contribution in [-0.4, -0.2) is 36.2 Å². The molecule has 0 amide bonds. The summed E-state index contributed by atoms with van der Waals surface area (Å²) >= 11 is 2.05. The lowest BCUT2D eigenvalue weighted by atomic mass is 10.0. The molecule has 2 aliphatic rings. The Balaban J connectivity index is 1.65. The van der Waals surface area contributed by atoms with Crippen molar-refractivity contribution in [2.75, 3.05) is 12.9 Å². The zero-order valence-electron chi connectivity index (χ0n) is 11.3. The van der Waals surface area contributed by atoms with Gasteiger partial charge in [0.2, 0.25) is 0 Å². The molecule has 0 aromatic rings. The molecule has 4 heteroatoms. The molecule has 0 aliphatic heterocycles. The number of ether oxygens (including phenoxy) is 1. The monoisotopic (exact) mass is 271 g/mol. The Kier molecular flexibility index (Phi) is 5.83. The molecule has 0 bridgehead atoms. The maximum Gasteiger partial charge on any atom is 0.322 e. The molecule has 0 spiro atoms. The van der Waals surface area contributed by atoms with Crippen LogP contribution in [0.25, 0.3) is 0 Å². The Labute approximate surface area is 114 Å². The van der Waals surface area contributed by atoms with E-state index in [9.17, 15) is 4.79 Å². The second kappa shape index (κ2) is 7.39. The highest BCUT2D eigenvalue weighted by molar-refractivity contribution is 7.99. The molecular weight excluding hydrogens is 246 g/mol. The van der Waals surface area contributed by atoms with Gasteiger partial charge in [-0.05, 0) is 37.9 Å². The van der Waals surface area contributed by atoms with Crippen LogP contribution in [0.15, 0.2) is 0 Å². The average molecular weight is 271 g/mol. The number of carbonyl (C=O) groups is 1. The SMILES string of the molecule is COC(=O)C(CCSC1CCCCC1)NC1CC1. The summed E-state index contributed by atoms with van der Waals surface area (Å²) in [6.07, 6.45) is 10.2. The number of esters is 1. The Hall–Kier alpha value is -0.220. The van der Waals surface area contributed by atoms with Crippen LogP contribution in [-0.2, 0) is 9.53 Å². The van der Waals surface area contributed by atoms with Gasteiger partial charge in [0.15, 0.2) is 0 Å². The van der Waals surface area contributed by atoms with Crippen LogP contribution in [0.3, 0.4) is 0 Å². The molecule has 0 saturated heterocycles. The summed E-state index contributed by atoms with van der Waals surface area (Å²) < 4.78 is 4.87. The summed E-state index contributed by atoms with van der Waals surface area (Å²) in [5.41, 5.74) is 0. The molecule has 0 heterocycles. The van der Waals surface area contributed by atoms with Gasteiger partial charge >= 0.3 is 5.97 Å². The molecule has 1 unspecified atom stereocenters. The lowest BCUT2D eigenvalue weighted by Gasteiger charge is -2.22. The van der Waals surface area contributed by atoms with Crippen LogP contribution in [0, 0.1) is 0 Å². The van der Waals surface area contributed by atoms with Crippen molar-refractivity contribution in [3.8, 4) is 0 Å². The number of hydrogen-bond acceptors (Lipinski definition) is 4. The van der Waals surface area contributed by atoms with Crippen molar-refractivity contribution in [2.24, 2.45) is 0 Å². The zero-order chi connectivity index (χ0) is 12.8. The molecule has 0 aromatic carbocycles. The number of thioether (sulfide) groups is 1. The van der Waals surface area contributed by atoms with E-state index in [-0.39, 0.29) is 12.0 Å². The second-order valence-corrected chi connectivity index (χ2v) is 6.84. The minimum atomic E-state index is -0.0915. The Bertz CT molecular complexity index is 263. The van der Waals surface area contributed by atoms with Crippen molar-refractivity contribution in [1.29, 1.82) is 0 Å². The van der Waals surface area contributed by atoms with E-state index in [1.807, 2.05) is 0 Å². The molecule has 1 N–H and O–H groups in total. The van der Waals surface area contributed by atoms with Gasteiger partial charge in [-0.25, -0.2) is 0 Å². The first-order valence-corrected chi connectivity index (χ1v) is 8.30. The van der Waals surface area contributed by atoms with E-state index < -0.39 is 0 Å². The fourth-order valence-corrected chi connectivity index (χ4v) is 3.90. The van der Waals surface area contributed by atoms with E-state index in [0.29, 0.717) is 6.04 Å². The molecule has 0 radical (unpaired) electrons. The highest BCUT2D eigenvalue weighted by Crippen LogP contribution is 2.29. The van der Waals surface area contributed by atoms with Crippen LogP contribution < -0.4 is 5.32 Å². The summed E-state index contributed by atoms with van der Waals surface area (Å²) in [4.78, 5) is 11.7. The number of hydrogen-bond donors (Lipinski definition) is 1. The Morgan fingerprint density at radius 2 is 2.00 bits per heavy atom. The maximum absolute atomic E-state index is 11.7. The van der Waals surface area contributed by atoms with Gasteiger partial charge in [0.25, 0.3) is 0 Å². The normalized spacial score (nSPS) is 22.7. The van der Waals surface area contributed by atoms with Crippen LogP contribution in [0.5, 0.6) is 0 Å². The fourth-order valence-electron chi connectivity index (χ4n) is 2.53. The van der Waals surface area contributed by atoms with Gasteiger partial charge in [0.05, 0.1) is 7.11 Å². The second-order valence-electron chi connectivity index (χ2n) is 5.44. The molecule has 1 atom stereocenters.